The number of aryl methyl sites for hydroxylation is 1. The average Bonchev–Trinajstić information content (AvgIpc) is 2.97. The van der Waals surface area contributed by atoms with Crippen molar-refractivity contribution in [3.05, 3.63) is 23.7 Å². The van der Waals surface area contributed by atoms with Crippen molar-refractivity contribution in [2.75, 3.05) is 36.9 Å². The van der Waals surface area contributed by atoms with Crippen LogP contribution in [-0.4, -0.2) is 55.5 Å². The Kier molecular flexibility index (Phi) is 5.72. The second-order valence-electron chi connectivity index (χ2n) is 4.70. The van der Waals surface area contributed by atoms with Crippen LogP contribution in [0.4, 0.5) is 0 Å². The third-order valence-corrected chi connectivity index (χ3v) is 6.06. The highest BCUT2D eigenvalue weighted by Crippen LogP contribution is 2.13. The number of carbonyl (C=O) groups excluding carboxylic acids is 1. The third-order valence-electron chi connectivity index (χ3n) is 3.24. The van der Waals surface area contributed by atoms with Gasteiger partial charge >= 0.3 is 0 Å². The molecule has 0 saturated carbocycles. The Bertz CT molecular complexity index is 577. The van der Waals surface area contributed by atoms with Gasteiger partial charge in [0, 0.05) is 37.6 Å². The zero-order valence-corrected chi connectivity index (χ0v) is 13.6. The van der Waals surface area contributed by atoms with Gasteiger partial charge in [0.25, 0.3) is 5.91 Å². The summed E-state index contributed by atoms with van der Waals surface area (Å²) >= 11 is 1.76. The van der Waals surface area contributed by atoms with Gasteiger partial charge in [0.2, 0.25) is 10.0 Å². The van der Waals surface area contributed by atoms with Crippen LogP contribution in [-0.2, 0) is 16.4 Å². The molecule has 1 fully saturated rings. The smallest absolute Gasteiger partial charge is 0.287 e. The number of nitrogens with one attached hydrogen (secondary N) is 1. The summed E-state index contributed by atoms with van der Waals surface area (Å²) in [6.45, 7) is 3.13. The number of hydrogen-bond donors (Lipinski definition) is 1. The minimum Gasteiger partial charge on any atom is -0.456 e. The van der Waals surface area contributed by atoms with E-state index < -0.39 is 10.0 Å². The summed E-state index contributed by atoms with van der Waals surface area (Å²) in [5, 5.41) is 2.59. The molecule has 1 aliphatic heterocycles. The van der Waals surface area contributed by atoms with Gasteiger partial charge in [-0.1, -0.05) is 6.92 Å². The monoisotopic (exact) mass is 332 g/mol. The Balaban J connectivity index is 1.81. The van der Waals surface area contributed by atoms with E-state index in [2.05, 4.69) is 5.32 Å². The number of amides is 1. The standard InChI is InChI=1S/C13H20N2O4S2/c1-2-11-3-4-12(19-11)13(16)14-5-10-21(17,18)15-6-8-20-9-7-15/h3-4H,2,5-10H2,1H3,(H,14,16). The first-order valence-corrected chi connectivity index (χ1v) is 9.72. The molecule has 0 unspecified atom stereocenters. The average molecular weight is 332 g/mol. The quantitative estimate of drug-likeness (QED) is 0.839. The van der Waals surface area contributed by atoms with Crippen LogP contribution >= 0.6 is 11.8 Å². The van der Waals surface area contributed by atoms with Gasteiger partial charge in [0.15, 0.2) is 5.76 Å². The first-order valence-electron chi connectivity index (χ1n) is 6.95. The Labute approximate surface area is 129 Å². The Hall–Kier alpha value is -0.990. The fourth-order valence-corrected chi connectivity index (χ4v) is 4.52. The van der Waals surface area contributed by atoms with Crippen molar-refractivity contribution < 1.29 is 17.6 Å². The van der Waals surface area contributed by atoms with Crippen molar-refractivity contribution in [3.63, 3.8) is 0 Å². The first kappa shape index (κ1) is 16.4. The second-order valence-corrected chi connectivity index (χ2v) is 8.02. The van der Waals surface area contributed by atoms with Crippen molar-refractivity contribution in [3.8, 4) is 0 Å². The summed E-state index contributed by atoms with van der Waals surface area (Å²) in [5.41, 5.74) is 0. The molecule has 0 aliphatic carbocycles. The van der Waals surface area contributed by atoms with E-state index in [1.165, 1.54) is 4.31 Å². The molecule has 0 spiro atoms. The SMILES string of the molecule is CCc1ccc(C(=O)NCCS(=O)(=O)N2CCSCC2)o1. The molecule has 0 aromatic carbocycles. The number of carbonyl (C=O) groups is 1. The predicted octanol–water partition coefficient (Wildman–Crippen LogP) is 0.950. The zero-order chi connectivity index (χ0) is 15.3. The number of sulfonamides is 1. The summed E-state index contributed by atoms with van der Waals surface area (Å²) in [6.07, 6.45) is 0.717. The van der Waals surface area contributed by atoms with Gasteiger partial charge in [0.05, 0.1) is 5.75 Å². The molecule has 118 valence electrons. The van der Waals surface area contributed by atoms with Crippen molar-refractivity contribution in [1.82, 2.24) is 9.62 Å². The van der Waals surface area contributed by atoms with Gasteiger partial charge in [-0.3, -0.25) is 4.79 Å². The molecule has 1 aromatic heterocycles. The van der Waals surface area contributed by atoms with E-state index in [0.717, 1.165) is 17.3 Å². The number of furan rings is 1. The lowest BCUT2D eigenvalue weighted by Crippen LogP contribution is -2.41. The van der Waals surface area contributed by atoms with Gasteiger partial charge < -0.3 is 9.73 Å². The predicted molar refractivity (Wildman–Crippen MR) is 83.1 cm³/mol. The topological polar surface area (TPSA) is 79.6 Å². The van der Waals surface area contributed by atoms with Crippen LogP contribution < -0.4 is 5.32 Å². The molecule has 21 heavy (non-hydrogen) atoms. The number of thioether (sulfide) groups is 1. The van der Waals surface area contributed by atoms with E-state index >= 15 is 0 Å². The molecular weight excluding hydrogens is 312 g/mol. The van der Waals surface area contributed by atoms with E-state index in [1.807, 2.05) is 6.92 Å². The van der Waals surface area contributed by atoms with Crippen LogP contribution in [0.3, 0.4) is 0 Å². The van der Waals surface area contributed by atoms with Gasteiger partial charge in [0.1, 0.15) is 5.76 Å². The summed E-state index contributed by atoms with van der Waals surface area (Å²) in [6, 6.07) is 3.35. The molecule has 2 heterocycles. The lowest BCUT2D eigenvalue weighted by molar-refractivity contribution is 0.0926. The van der Waals surface area contributed by atoms with Crippen LogP contribution in [0.25, 0.3) is 0 Å². The molecule has 6 nitrogen and oxygen atoms in total. The highest BCUT2D eigenvalue weighted by Gasteiger charge is 2.24. The fourth-order valence-electron chi connectivity index (χ4n) is 2.02. The van der Waals surface area contributed by atoms with Gasteiger partial charge in [-0.2, -0.15) is 11.8 Å². The highest BCUT2D eigenvalue weighted by molar-refractivity contribution is 7.99. The maximum absolute atomic E-state index is 12.1. The largest absolute Gasteiger partial charge is 0.456 e. The van der Waals surface area contributed by atoms with Gasteiger partial charge in [-0.15, -0.1) is 0 Å². The molecular formula is C13H20N2O4S2. The zero-order valence-electron chi connectivity index (χ0n) is 12.0. The molecule has 0 radical (unpaired) electrons. The van der Waals surface area contributed by atoms with Crippen molar-refractivity contribution in [2.45, 2.75) is 13.3 Å². The van der Waals surface area contributed by atoms with Crippen LogP contribution in [0.15, 0.2) is 16.5 Å². The second kappa shape index (κ2) is 7.33. The molecule has 8 heteroatoms. The van der Waals surface area contributed by atoms with Crippen LogP contribution in [0.5, 0.6) is 0 Å². The molecule has 0 bridgehead atoms. The Morgan fingerprint density at radius 2 is 2.10 bits per heavy atom. The molecule has 1 amide bonds. The van der Waals surface area contributed by atoms with Crippen molar-refractivity contribution >= 4 is 27.7 Å². The number of nitrogens with zero attached hydrogens (tertiary/aromatic N) is 1. The Morgan fingerprint density at radius 1 is 1.38 bits per heavy atom. The van der Waals surface area contributed by atoms with Gasteiger partial charge in [-0.25, -0.2) is 12.7 Å². The van der Waals surface area contributed by atoms with E-state index in [9.17, 15) is 13.2 Å². The van der Waals surface area contributed by atoms with Crippen molar-refractivity contribution in [2.24, 2.45) is 0 Å². The van der Waals surface area contributed by atoms with E-state index in [4.69, 9.17) is 4.42 Å². The van der Waals surface area contributed by atoms with Crippen molar-refractivity contribution in [1.29, 1.82) is 0 Å². The lowest BCUT2D eigenvalue weighted by Gasteiger charge is -2.25. The summed E-state index contributed by atoms with van der Waals surface area (Å²) in [5.74, 6) is 2.16. The first-order chi connectivity index (χ1) is 10.0. The van der Waals surface area contributed by atoms with E-state index in [1.54, 1.807) is 23.9 Å². The molecule has 1 saturated heterocycles. The molecule has 0 atom stereocenters. The fraction of sp³-hybridized carbons (Fsp3) is 0.615. The molecule has 2 rings (SSSR count). The maximum Gasteiger partial charge on any atom is 0.287 e. The molecule has 1 aromatic rings. The number of rotatable bonds is 6. The van der Waals surface area contributed by atoms with E-state index in [0.29, 0.717) is 19.5 Å². The molecule has 1 N–H and O–H groups in total. The van der Waals surface area contributed by atoms with Crippen LogP contribution in [0.1, 0.15) is 23.2 Å². The minimum atomic E-state index is -3.29. The molecule has 1 aliphatic rings. The lowest BCUT2D eigenvalue weighted by atomic mass is 10.3. The maximum atomic E-state index is 12.1. The summed E-state index contributed by atoms with van der Waals surface area (Å²) in [4.78, 5) is 11.8. The summed E-state index contributed by atoms with van der Waals surface area (Å²) < 4.78 is 31.0. The third kappa shape index (κ3) is 4.49. The summed E-state index contributed by atoms with van der Waals surface area (Å²) in [7, 11) is -3.29. The minimum absolute atomic E-state index is 0.0786. The van der Waals surface area contributed by atoms with E-state index in [-0.39, 0.29) is 24.0 Å². The normalized spacial score (nSPS) is 16.8. The highest BCUT2D eigenvalue weighted by atomic mass is 32.2. The number of hydrogen-bond acceptors (Lipinski definition) is 5. The van der Waals surface area contributed by atoms with Crippen LogP contribution in [0, 0.1) is 0 Å². The van der Waals surface area contributed by atoms with Gasteiger partial charge in [-0.05, 0) is 12.1 Å². The van der Waals surface area contributed by atoms with Crippen LogP contribution in [0.2, 0.25) is 0 Å². The Morgan fingerprint density at radius 3 is 2.71 bits per heavy atom.